The van der Waals surface area contributed by atoms with Gasteiger partial charge in [-0.25, -0.2) is 9.97 Å². The number of unbranched alkanes of at least 4 members (excludes halogenated alkanes) is 1. The molecule has 0 aromatic carbocycles. The third-order valence-corrected chi connectivity index (χ3v) is 5.00. The first-order valence-corrected chi connectivity index (χ1v) is 11.1. The molecule has 160 valence electrons. The lowest BCUT2D eigenvalue weighted by Gasteiger charge is -2.15. The summed E-state index contributed by atoms with van der Waals surface area (Å²) in [5, 5.41) is 3.47. The van der Waals surface area contributed by atoms with E-state index < -0.39 is 0 Å². The van der Waals surface area contributed by atoms with Gasteiger partial charge in [-0.3, -0.25) is 0 Å². The van der Waals surface area contributed by atoms with Gasteiger partial charge in [-0.05, 0) is 50.7 Å². The molecule has 1 fully saturated rings. The Morgan fingerprint density at radius 2 is 1.93 bits per heavy atom. The topological polar surface area (TPSA) is 54.9 Å². The van der Waals surface area contributed by atoms with E-state index in [4.69, 9.17) is 4.98 Å². The maximum Gasteiger partial charge on any atom is 0.223 e. The smallest absolute Gasteiger partial charge is 0.223 e. The van der Waals surface area contributed by atoms with Crippen molar-refractivity contribution in [2.45, 2.75) is 91.5 Å². The number of carbonyl (C=O) groups is 1. The van der Waals surface area contributed by atoms with Crippen LogP contribution in [0.3, 0.4) is 0 Å². The normalized spacial score (nSPS) is 13.8. The fourth-order valence-electron chi connectivity index (χ4n) is 3.32. The minimum Gasteiger partial charge on any atom is -0.351 e. The van der Waals surface area contributed by atoms with Crippen LogP contribution in [0.15, 0.2) is 37.1 Å². The summed E-state index contributed by atoms with van der Waals surface area (Å²) >= 11 is 0. The fraction of sp³-hybridized carbons (Fsp3) is 0.560. The van der Waals surface area contributed by atoms with E-state index in [-0.39, 0.29) is 0 Å². The second-order valence-corrected chi connectivity index (χ2v) is 7.75. The van der Waals surface area contributed by atoms with E-state index in [9.17, 15) is 4.79 Å². The van der Waals surface area contributed by atoms with Crippen LogP contribution in [0.25, 0.3) is 5.57 Å². The Hall–Kier alpha value is -2.23. The lowest BCUT2D eigenvalue weighted by atomic mass is 10.00. The highest BCUT2D eigenvalue weighted by Crippen LogP contribution is 2.26. The molecule has 0 atom stereocenters. The molecular formula is C25H39N3O. The van der Waals surface area contributed by atoms with Crippen molar-refractivity contribution in [1.82, 2.24) is 9.97 Å². The largest absolute Gasteiger partial charge is 0.351 e. The molecule has 0 bridgehead atoms. The van der Waals surface area contributed by atoms with E-state index in [1.165, 1.54) is 25.7 Å². The summed E-state index contributed by atoms with van der Waals surface area (Å²) in [6.45, 7) is 16.1. The maximum absolute atomic E-state index is 10.2. The molecule has 0 saturated heterocycles. The van der Waals surface area contributed by atoms with E-state index in [1.54, 1.807) is 6.92 Å². The molecule has 1 aliphatic carbocycles. The first kappa shape index (κ1) is 24.8. The quantitative estimate of drug-likeness (QED) is 0.447. The molecule has 1 aliphatic rings. The van der Waals surface area contributed by atoms with Crippen LogP contribution in [-0.2, 0) is 11.2 Å². The van der Waals surface area contributed by atoms with Crippen LogP contribution in [0, 0.1) is 0 Å². The van der Waals surface area contributed by atoms with Gasteiger partial charge in [0, 0.05) is 24.2 Å². The van der Waals surface area contributed by atoms with Gasteiger partial charge in [0.15, 0.2) is 0 Å². The van der Waals surface area contributed by atoms with Crippen LogP contribution in [-0.4, -0.2) is 21.8 Å². The number of ketones is 1. The number of carbonyl (C=O) groups excluding carboxylic acids is 1. The Morgan fingerprint density at radius 1 is 1.24 bits per heavy atom. The van der Waals surface area contributed by atoms with E-state index in [1.807, 2.05) is 25.3 Å². The van der Waals surface area contributed by atoms with Crippen molar-refractivity contribution in [1.29, 1.82) is 0 Å². The summed E-state index contributed by atoms with van der Waals surface area (Å²) in [5.74, 6) is 1.03. The number of Topliss-reactive ketones (excluding diaryl/α,β-unsaturated/α-hetero) is 1. The van der Waals surface area contributed by atoms with Gasteiger partial charge in [-0.15, -0.1) is 0 Å². The minimum absolute atomic E-state index is 0.307. The summed E-state index contributed by atoms with van der Waals surface area (Å²) in [4.78, 5) is 19.4. The van der Waals surface area contributed by atoms with Crippen LogP contribution in [0.4, 0.5) is 5.95 Å². The molecule has 0 unspecified atom stereocenters. The Bertz CT molecular complexity index is 700. The molecular weight excluding hydrogens is 358 g/mol. The first-order chi connectivity index (χ1) is 13.9. The van der Waals surface area contributed by atoms with Gasteiger partial charge in [-0.1, -0.05) is 64.8 Å². The number of nitrogens with one attached hydrogen (secondary N) is 1. The summed E-state index contributed by atoms with van der Waals surface area (Å²) in [7, 11) is 0. The van der Waals surface area contributed by atoms with Gasteiger partial charge in [0.05, 0.1) is 5.69 Å². The monoisotopic (exact) mass is 397 g/mol. The van der Waals surface area contributed by atoms with Gasteiger partial charge in [0.2, 0.25) is 5.95 Å². The molecule has 0 spiro atoms. The van der Waals surface area contributed by atoms with Gasteiger partial charge in [-0.2, -0.15) is 0 Å². The van der Waals surface area contributed by atoms with Gasteiger partial charge < -0.3 is 10.1 Å². The zero-order valence-corrected chi connectivity index (χ0v) is 18.9. The highest BCUT2D eigenvalue weighted by Gasteiger charge is 2.17. The number of anilines is 1. The van der Waals surface area contributed by atoms with Crippen molar-refractivity contribution in [2.24, 2.45) is 0 Å². The SMILES string of the molecule is C=C(/C=C\C)C(=C)c1nc(NC2CCCC2)ncc1CCC.CCCCC(C)=O. The van der Waals surface area contributed by atoms with Crippen LogP contribution >= 0.6 is 0 Å². The zero-order valence-electron chi connectivity index (χ0n) is 18.9. The molecule has 0 aliphatic heterocycles. The molecule has 2 rings (SSSR count). The van der Waals surface area contributed by atoms with E-state index in [2.05, 4.69) is 37.3 Å². The molecule has 29 heavy (non-hydrogen) atoms. The average Bonchev–Trinajstić information content (AvgIpc) is 3.21. The standard InChI is InChI=1S/C19H27N3.C6H12O/c1-5-9-14(3)15(4)18-16(10-6-2)13-20-19(22-18)21-17-11-7-8-12-17;1-3-4-5-6(2)7/h5,9,13,17H,3-4,6-8,10-12H2,1-2H3,(H,20,21,22);3-5H2,1-2H3/b9-5-;. The predicted octanol–water partition coefficient (Wildman–Crippen LogP) is 6.69. The summed E-state index contributed by atoms with van der Waals surface area (Å²) in [6, 6.07) is 0.511. The molecule has 1 aromatic heterocycles. The van der Waals surface area contributed by atoms with Crippen molar-refractivity contribution in [3.63, 3.8) is 0 Å². The minimum atomic E-state index is 0.307. The van der Waals surface area contributed by atoms with Crippen LogP contribution in [0.1, 0.15) is 90.3 Å². The number of nitrogens with zero attached hydrogens (tertiary/aromatic N) is 2. The predicted molar refractivity (Wildman–Crippen MR) is 125 cm³/mol. The van der Waals surface area contributed by atoms with Crippen LogP contribution < -0.4 is 5.32 Å². The van der Waals surface area contributed by atoms with Crippen molar-refractivity contribution in [3.8, 4) is 0 Å². The lowest BCUT2D eigenvalue weighted by Crippen LogP contribution is -2.17. The number of hydrogen-bond donors (Lipinski definition) is 1. The Morgan fingerprint density at radius 3 is 2.45 bits per heavy atom. The molecule has 0 amide bonds. The van der Waals surface area contributed by atoms with Gasteiger partial charge >= 0.3 is 0 Å². The maximum atomic E-state index is 10.2. The Kier molecular flexibility index (Phi) is 11.9. The van der Waals surface area contributed by atoms with Gasteiger partial charge in [0.25, 0.3) is 0 Å². The third-order valence-electron chi connectivity index (χ3n) is 5.00. The third kappa shape index (κ3) is 9.21. The molecule has 0 radical (unpaired) electrons. The van der Waals surface area contributed by atoms with E-state index in [0.29, 0.717) is 11.8 Å². The number of rotatable bonds is 10. The Balaban J connectivity index is 0.000000516. The lowest BCUT2D eigenvalue weighted by molar-refractivity contribution is -0.117. The number of allylic oxidation sites excluding steroid dienone is 4. The molecule has 1 aromatic rings. The summed E-state index contributed by atoms with van der Waals surface area (Å²) in [5.41, 5.74) is 3.87. The fourth-order valence-corrected chi connectivity index (χ4v) is 3.32. The Labute approximate surface area is 177 Å². The van der Waals surface area contributed by atoms with Crippen LogP contribution in [0.5, 0.6) is 0 Å². The summed E-state index contributed by atoms with van der Waals surface area (Å²) < 4.78 is 0. The zero-order chi connectivity index (χ0) is 21.6. The van der Waals surface area contributed by atoms with E-state index >= 15 is 0 Å². The van der Waals surface area contributed by atoms with Crippen molar-refractivity contribution >= 4 is 17.3 Å². The van der Waals surface area contributed by atoms with Crippen molar-refractivity contribution in [3.05, 3.63) is 48.3 Å². The van der Waals surface area contributed by atoms with Crippen molar-refractivity contribution < 1.29 is 4.79 Å². The molecule has 1 saturated carbocycles. The highest BCUT2D eigenvalue weighted by atomic mass is 16.1. The van der Waals surface area contributed by atoms with Crippen molar-refractivity contribution in [2.75, 3.05) is 5.32 Å². The number of aryl methyl sites for hydroxylation is 1. The van der Waals surface area contributed by atoms with Crippen LogP contribution in [0.2, 0.25) is 0 Å². The first-order valence-electron chi connectivity index (χ1n) is 11.1. The number of aromatic nitrogens is 2. The number of hydrogen-bond acceptors (Lipinski definition) is 4. The highest BCUT2D eigenvalue weighted by molar-refractivity contribution is 5.79. The van der Waals surface area contributed by atoms with Gasteiger partial charge in [0.1, 0.15) is 5.78 Å². The molecule has 4 heteroatoms. The second kappa shape index (κ2) is 13.9. The average molecular weight is 398 g/mol. The molecule has 1 N–H and O–H groups in total. The second-order valence-electron chi connectivity index (χ2n) is 7.75. The molecule has 4 nitrogen and oxygen atoms in total. The molecule has 1 heterocycles. The van der Waals surface area contributed by atoms with E-state index in [0.717, 1.165) is 60.5 Å². The summed E-state index contributed by atoms with van der Waals surface area (Å²) in [6.07, 6.45) is 15.9.